The second-order valence-corrected chi connectivity index (χ2v) is 4.65. The van der Waals surface area contributed by atoms with Gasteiger partial charge >= 0.3 is 5.97 Å². The molecule has 0 fully saturated rings. The average Bonchev–Trinajstić information content (AvgIpc) is 2.33. The molecule has 16 heavy (non-hydrogen) atoms. The van der Waals surface area contributed by atoms with Crippen LogP contribution in [-0.4, -0.2) is 18.1 Å². The van der Waals surface area contributed by atoms with Gasteiger partial charge in [-0.05, 0) is 31.9 Å². The zero-order valence-corrected chi connectivity index (χ0v) is 11.5. The van der Waals surface area contributed by atoms with Gasteiger partial charge in [-0.1, -0.05) is 24.3 Å². The Kier molecular flexibility index (Phi) is 3.25. The molecule has 1 aromatic heterocycles. The Labute approximate surface area is 109 Å². The summed E-state index contributed by atoms with van der Waals surface area (Å²) in [6.07, 6.45) is 0. The van der Waals surface area contributed by atoms with Crippen LogP contribution in [0.25, 0.3) is 10.8 Å². The second-order valence-electron chi connectivity index (χ2n) is 3.10. The molecule has 0 spiro atoms. The summed E-state index contributed by atoms with van der Waals surface area (Å²) in [7, 11) is 1.33. The van der Waals surface area contributed by atoms with Crippen molar-refractivity contribution in [2.24, 2.45) is 0 Å². The highest BCUT2D eigenvalue weighted by Gasteiger charge is 2.16. The monoisotopic (exact) mass is 343 g/mol. The van der Waals surface area contributed by atoms with Crippen molar-refractivity contribution in [2.45, 2.75) is 0 Å². The highest BCUT2D eigenvalue weighted by Crippen LogP contribution is 2.31. The SMILES string of the molecule is COC(=O)c1nc(Br)c2ccccc2c1Br. The molecule has 0 saturated carbocycles. The predicted molar refractivity (Wildman–Crippen MR) is 68.5 cm³/mol. The number of nitrogens with zero attached hydrogens (tertiary/aromatic N) is 1. The Hall–Kier alpha value is -0.940. The lowest BCUT2D eigenvalue weighted by atomic mass is 10.1. The Morgan fingerprint density at radius 3 is 2.50 bits per heavy atom. The molecule has 0 atom stereocenters. The van der Waals surface area contributed by atoms with Crippen LogP contribution < -0.4 is 0 Å². The normalized spacial score (nSPS) is 10.4. The van der Waals surface area contributed by atoms with E-state index in [-0.39, 0.29) is 5.69 Å². The Morgan fingerprint density at radius 2 is 1.88 bits per heavy atom. The van der Waals surface area contributed by atoms with Crippen molar-refractivity contribution in [3.8, 4) is 0 Å². The average molecular weight is 345 g/mol. The molecule has 0 bridgehead atoms. The van der Waals surface area contributed by atoms with Crippen molar-refractivity contribution in [3.63, 3.8) is 0 Å². The summed E-state index contributed by atoms with van der Waals surface area (Å²) < 4.78 is 5.95. The largest absolute Gasteiger partial charge is 0.464 e. The third kappa shape index (κ3) is 1.85. The van der Waals surface area contributed by atoms with E-state index in [1.165, 1.54) is 7.11 Å². The summed E-state index contributed by atoms with van der Waals surface area (Å²) in [5, 5.41) is 1.87. The van der Waals surface area contributed by atoms with Gasteiger partial charge in [-0.2, -0.15) is 0 Å². The Morgan fingerprint density at radius 1 is 1.25 bits per heavy atom. The molecular weight excluding hydrogens is 338 g/mol. The lowest BCUT2D eigenvalue weighted by Gasteiger charge is -2.07. The molecule has 0 radical (unpaired) electrons. The van der Waals surface area contributed by atoms with Crippen LogP contribution in [-0.2, 0) is 4.74 Å². The van der Waals surface area contributed by atoms with Gasteiger partial charge in [-0.15, -0.1) is 0 Å². The van der Waals surface area contributed by atoms with Gasteiger partial charge in [-0.25, -0.2) is 9.78 Å². The summed E-state index contributed by atoms with van der Waals surface area (Å²) in [6, 6.07) is 7.66. The van der Waals surface area contributed by atoms with Crippen molar-refractivity contribution < 1.29 is 9.53 Å². The molecule has 2 rings (SSSR count). The number of rotatable bonds is 1. The molecule has 0 N–H and O–H groups in total. The molecule has 82 valence electrons. The van der Waals surface area contributed by atoms with Crippen molar-refractivity contribution >= 4 is 48.6 Å². The van der Waals surface area contributed by atoms with Crippen LogP contribution in [0.3, 0.4) is 0 Å². The van der Waals surface area contributed by atoms with E-state index in [4.69, 9.17) is 0 Å². The number of carbonyl (C=O) groups is 1. The zero-order valence-electron chi connectivity index (χ0n) is 8.33. The lowest BCUT2D eigenvalue weighted by molar-refractivity contribution is 0.0593. The van der Waals surface area contributed by atoms with Gasteiger partial charge in [0, 0.05) is 10.8 Å². The summed E-state index contributed by atoms with van der Waals surface area (Å²) in [5.74, 6) is -0.460. The van der Waals surface area contributed by atoms with Gasteiger partial charge in [0.1, 0.15) is 4.60 Å². The number of pyridine rings is 1. The first kappa shape index (κ1) is 11.5. The van der Waals surface area contributed by atoms with E-state index >= 15 is 0 Å². The van der Waals surface area contributed by atoms with E-state index in [1.54, 1.807) is 0 Å². The molecule has 3 nitrogen and oxygen atoms in total. The number of esters is 1. The van der Waals surface area contributed by atoms with E-state index in [9.17, 15) is 4.79 Å². The van der Waals surface area contributed by atoms with E-state index in [0.29, 0.717) is 9.08 Å². The number of hydrogen-bond acceptors (Lipinski definition) is 3. The zero-order chi connectivity index (χ0) is 11.7. The standard InChI is InChI=1S/C11H7Br2NO2/c1-16-11(15)9-8(12)6-4-2-3-5-7(6)10(13)14-9/h2-5H,1H3. The maximum atomic E-state index is 11.5. The number of ether oxygens (including phenoxy) is 1. The number of hydrogen-bond donors (Lipinski definition) is 0. The second kappa shape index (κ2) is 4.51. The van der Waals surface area contributed by atoms with Crippen LogP contribution in [0.1, 0.15) is 10.5 Å². The predicted octanol–water partition coefficient (Wildman–Crippen LogP) is 3.55. The van der Waals surface area contributed by atoms with Crippen LogP contribution in [0.15, 0.2) is 33.3 Å². The molecule has 0 aliphatic rings. The molecule has 0 unspecified atom stereocenters. The first-order valence-corrected chi connectivity index (χ1v) is 6.06. The van der Waals surface area contributed by atoms with Crippen LogP contribution in [0, 0.1) is 0 Å². The van der Waals surface area contributed by atoms with Crippen LogP contribution in [0.4, 0.5) is 0 Å². The summed E-state index contributed by atoms with van der Waals surface area (Å²) in [4.78, 5) is 15.7. The number of halogens is 2. The smallest absolute Gasteiger partial charge is 0.357 e. The van der Waals surface area contributed by atoms with Crippen molar-refractivity contribution in [1.82, 2.24) is 4.98 Å². The van der Waals surface area contributed by atoms with Crippen molar-refractivity contribution in [2.75, 3.05) is 7.11 Å². The molecule has 0 amide bonds. The minimum absolute atomic E-state index is 0.271. The molecule has 1 aromatic carbocycles. The van der Waals surface area contributed by atoms with Gasteiger partial charge in [0.25, 0.3) is 0 Å². The highest BCUT2D eigenvalue weighted by atomic mass is 79.9. The molecule has 0 aliphatic heterocycles. The Balaban J connectivity index is 2.80. The summed E-state index contributed by atoms with van der Waals surface area (Å²) in [5.41, 5.74) is 0.271. The number of carbonyl (C=O) groups excluding carboxylic acids is 1. The van der Waals surface area contributed by atoms with E-state index < -0.39 is 5.97 Å². The number of benzene rings is 1. The van der Waals surface area contributed by atoms with Crippen LogP contribution >= 0.6 is 31.9 Å². The minimum Gasteiger partial charge on any atom is -0.464 e. The summed E-state index contributed by atoms with van der Waals surface area (Å²) in [6.45, 7) is 0. The number of fused-ring (bicyclic) bond motifs is 1. The molecular formula is C11H7Br2NO2. The molecule has 2 aromatic rings. The lowest BCUT2D eigenvalue weighted by Crippen LogP contribution is -2.06. The van der Waals surface area contributed by atoms with E-state index in [1.807, 2.05) is 24.3 Å². The van der Waals surface area contributed by atoms with Gasteiger partial charge in [0.15, 0.2) is 5.69 Å². The van der Waals surface area contributed by atoms with Gasteiger partial charge in [0.05, 0.1) is 11.6 Å². The fraction of sp³-hybridized carbons (Fsp3) is 0.0909. The molecule has 0 aliphatic carbocycles. The summed E-state index contributed by atoms with van der Waals surface area (Å²) >= 11 is 6.71. The maximum absolute atomic E-state index is 11.5. The van der Waals surface area contributed by atoms with Gasteiger partial charge in [-0.3, -0.25) is 0 Å². The van der Waals surface area contributed by atoms with Gasteiger partial charge in [0.2, 0.25) is 0 Å². The molecule has 5 heteroatoms. The number of aromatic nitrogens is 1. The Bertz CT molecular complexity index is 569. The third-order valence-corrected chi connectivity index (χ3v) is 3.59. The first-order chi connectivity index (χ1) is 7.65. The van der Waals surface area contributed by atoms with Crippen molar-refractivity contribution in [1.29, 1.82) is 0 Å². The molecule has 0 saturated heterocycles. The van der Waals surface area contributed by atoms with E-state index in [0.717, 1.165) is 10.8 Å². The van der Waals surface area contributed by atoms with E-state index in [2.05, 4.69) is 41.6 Å². The highest BCUT2D eigenvalue weighted by molar-refractivity contribution is 9.11. The maximum Gasteiger partial charge on any atom is 0.357 e. The van der Waals surface area contributed by atoms with Crippen molar-refractivity contribution in [3.05, 3.63) is 39.0 Å². The molecule has 1 heterocycles. The quantitative estimate of drug-likeness (QED) is 0.586. The number of methoxy groups -OCH3 is 1. The fourth-order valence-corrected chi connectivity index (χ4v) is 2.54. The van der Waals surface area contributed by atoms with Gasteiger partial charge < -0.3 is 4.74 Å². The van der Waals surface area contributed by atoms with Crippen LogP contribution in [0.5, 0.6) is 0 Å². The minimum atomic E-state index is -0.460. The topological polar surface area (TPSA) is 39.2 Å². The fourth-order valence-electron chi connectivity index (χ4n) is 1.42. The third-order valence-electron chi connectivity index (χ3n) is 2.18. The van der Waals surface area contributed by atoms with Crippen LogP contribution in [0.2, 0.25) is 0 Å². The first-order valence-electron chi connectivity index (χ1n) is 4.47.